The number of rotatable bonds is 7. The van der Waals surface area contributed by atoms with E-state index >= 15 is 0 Å². The summed E-state index contributed by atoms with van der Waals surface area (Å²) < 4.78 is 48.8. The molecule has 0 amide bonds. The molecule has 0 saturated carbocycles. The first-order chi connectivity index (χ1) is 14.1. The van der Waals surface area contributed by atoms with Gasteiger partial charge in [-0.15, -0.1) is 0 Å². The predicted octanol–water partition coefficient (Wildman–Crippen LogP) is 3.21. The zero-order valence-corrected chi connectivity index (χ0v) is 18.4. The SMILES string of the molecule is CCS(=O)(=O)c1ccc(S(C)(=O)=O)c(Nc2cc(Nc3ccc(Cl)cn3)ncn2)c1. The standard InChI is InChI=1S/C18H18ClN5O4S2/c1-3-30(27,28)13-5-6-15(29(2,25)26)14(8-13)23-17-9-18(22-11-21-17)24-16-7-4-12(19)10-20-16/h4-11H,3H2,1-2H3,(H2,20,21,22,23,24). The summed E-state index contributed by atoms with van der Waals surface area (Å²) in [5, 5.41) is 6.33. The average Bonchev–Trinajstić information content (AvgIpc) is 2.69. The van der Waals surface area contributed by atoms with Crippen molar-refractivity contribution in [2.45, 2.75) is 16.7 Å². The summed E-state index contributed by atoms with van der Waals surface area (Å²) in [4.78, 5) is 12.2. The van der Waals surface area contributed by atoms with E-state index in [0.29, 0.717) is 16.7 Å². The lowest BCUT2D eigenvalue weighted by atomic mass is 10.3. The lowest BCUT2D eigenvalue weighted by molar-refractivity contribution is 0.595. The first kappa shape index (κ1) is 21.9. The van der Waals surface area contributed by atoms with Gasteiger partial charge in [-0.25, -0.2) is 31.8 Å². The highest BCUT2D eigenvalue weighted by Gasteiger charge is 2.19. The van der Waals surface area contributed by atoms with Gasteiger partial charge in [-0.2, -0.15) is 0 Å². The Morgan fingerprint density at radius 1 is 0.900 bits per heavy atom. The van der Waals surface area contributed by atoms with E-state index in [0.717, 1.165) is 6.26 Å². The third-order valence-corrected chi connectivity index (χ3v) is 7.11. The average molecular weight is 468 g/mol. The largest absolute Gasteiger partial charge is 0.339 e. The molecule has 1 aromatic carbocycles. The molecule has 0 radical (unpaired) electrons. The van der Waals surface area contributed by atoms with Gasteiger partial charge < -0.3 is 10.6 Å². The molecule has 12 heteroatoms. The number of nitrogens with one attached hydrogen (secondary N) is 2. The number of aromatic nitrogens is 3. The van der Waals surface area contributed by atoms with E-state index in [4.69, 9.17) is 11.6 Å². The maximum Gasteiger partial charge on any atom is 0.178 e. The number of sulfone groups is 2. The van der Waals surface area contributed by atoms with Gasteiger partial charge in [0.05, 0.1) is 26.3 Å². The second-order valence-corrected chi connectivity index (χ2v) is 10.9. The van der Waals surface area contributed by atoms with Gasteiger partial charge in [-0.1, -0.05) is 18.5 Å². The summed E-state index contributed by atoms with van der Waals surface area (Å²) in [6.45, 7) is 1.51. The molecule has 0 bridgehead atoms. The van der Waals surface area contributed by atoms with Crippen molar-refractivity contribution in [2.75, 3.05) is 22.6 Å². The smallest absolute Gasteiger partial charge is 0.178 e. The topological polar surface area (TPSA) is 131 Å². The minimum absolute atomic E-state index is 0.0117. The fourth-order valence-electron chi connectivity index (χ4n) is 2.50. The number of pyridine rings is 1. The van der Waals surface area contributed by atoms with Crippen molar-refractivity contribution < 1.29 is 16.8 Å². The number of benzene rings is 1. The molecule has 0 fully saturated rings. The van der Waals surface area contributed by atoms with Gasteiger partial charge in [0.15, 0.2) is 19.7 Å². The van der Waals surface area contributed by atoms with Crippen LogP contribution in [-0.4, -0.2) is 43.8 Å². The first-order valence-electron chi connectivity index (χ1n) is 8.63. The molecule has 0 aliphatic rings. The van der Waals surface area contributed by atoms with Crippen LogP contribution in [0.2, 0.25) is 5.02 Å². The molecule has 0 unspecified atom stereocenters. The Labute approximate surface area is 179 Å². The second kappa shape index (κ2) is 8.54. The third kappa shape index (κ3) is 5.23. The first-order valence-corrected chi connectivity index (χ1v) is 12.5. The summed E-state index contributed by atoms with van der Waals surface area (Å²) >= 11 is 5.82. The molecule has 2 heterocycles. The number of nitrogens with zero attached hydrogens (tertiary/aromatic N) is 3. The normalized spacial score (nSPS) is 11.8. The van der Waals surface area contributed by atoms with Crippen LogP contribution in [0.15, 0.2) is 58.7 Å². The number of halogens is 1. The van der Waals surface area contributed by atoms with Crippen LogP contribution in [0.3, 0.4) is 0 Å². The van der Waals surface area contributed by atoms with Crippen LogP contribution in [0, 0.1) is 0 Å². The van der Waals surface area contributed by atoms with Gasteiger partial charge in [0.1, 0.15) is 23.8 Å². The van der Waals surface area contributed by atoms with E-state index in [1.807, 2.05) is 0 Å². The molecule has 2 N–H and O–H groups in total. The van der Waals surface area contributed by atoms with Crippen LogP contribution in [0.5, 0.6) is 0 Å². The van der Waals surface area contributed by atoms with Crippen LogP contribution < -0.4 is 10.6 Å². The summed E-state index contributed by atoms with van der Waals surface area (Å²) in [6.07, 6.45) is 3.79. The van der Waals surface area contributed by atoms with Crippen LogP contribution in [0.1, 0.15) is 6.92 Å². The van der Waals surface area contributed by atoms with Gasteiger partial charge in [-0.3, -0.25) is 0 Å². The van der Waals surface area contributed by atoms with Crippen LogP contribution in [0.25, 0.3) is 0 Å². The summed E-state index contributed by atoms with van der Waals surface area (Å²) in [7, 11) is -7.15. The highest BCUT2D eigenvalue weighted by atomic mass is 35.5. The monoisotopic (exact) mass is 467 g/mol. The third-order valence-electron chi connectivity index (χ3n) is 4.00. The Morgan fingerprint density at radius 3 is 2.20 bits per heavy atom. The number of anilines is 4. The van der Waals surface area contributed by atoms with Crippen LogP contribution in [0.4, 0.5) is 23.1 Å². The molecule has 0 aliphatic carbocycles. The van der Waals surface area contributed by atoms with E-state index in [1.165, 1.54) is 43.7 Å². The molecule has 158 valence electrons. The molecule has 0 saturated heterocycles. The van der Waals surface area contributed by atoms with Crippen molar-refractivity contribution >= 4 is 54.4 Å². The maximum absolute atomic E-state index is 12.2. The molecular weight excluding hydrogens is 450 g/mol. The molecule has 3 aromatic rings. The molecule has 0 spiro atoms. The summed E-state index contributed by atoms with van der Waals surface area (Å²) in [6, 6.07) is 8.68. The Bertz CT molecular complexity index is 1280. The van der Waals surface area contributed by atoms with Gasteiger partial charge in [0, 0.05) is 18.5 Å². The van der Waals surface area contributed by atoms with E-state index in [1.54, 1.807) is 12.1 Å². The van der Waals surface area contributed by atoms with Crippen molar-refractivity contribution in [3.63, 3.8) is 0 Å². The van der Waals surface area contributed by atoms with Crippen LogP contribution in [-0.2, 0) is 19.7 Å². The van der Waals surface area contributed by atoms with Gasteiger partial charge in [-0.05, 0) is 30.3 Å². The molecular formula is C18H18ClN5O4S2. The van der Waals surface area contributed by atoms with Gasteiger partial charge in [0.25, 0.3) is 0 Å². The molecule has 3 rings (SSSR count). The van der Waals surface area contributed by atoms with Gasteiger partial charge >= 0.3 is 0 Å². The summed E-state index contributed by atoms with van der Waals surface area (Å²) in [5.41, 5.74) is 0.0984. The quantitative estimate of drug-likeness (QED) is 0.537. The zero-order chi connectivity index (χ0) is 21.9. The Morgan fingerprint density at radius 2 is 1.60 bits per heavy atom. The molecule has 9 nitrogen and oxygen atoms in total. The maximum atomic E-state index is 12.2. The van der Waals surface area contributed by atoms with E-state index < -0.39 is 19.7 Å². The Balaban J connectivity index is 1.96. The Kier molecular flexibility index (Phi) is 6.25. The van der Waals surface area contributed by atoms with E-state index in [9.17, 15) is 16.8 Å². The molecule has 0 aliphatic heterocycles. The van der Waals surface area contributed by atoms with Crippen molar-refractivity contribution in [1.82, 2.24) is 15.0 Å². The molecule has 2 aromatic heterocycles. The lowest BCUT2D eigenvalue weighted by Crippen LogP contribution is -2.08. The minimum atomic E-state index is -3.62. The van der Waals surface area contributed by atoms with Crippen LogP contribution >= 0.6 is 11.6 Å². The van der Waals surface area contributed by atoms with Crippen molar-refractivity contribution in [3.8, 4) is 0 Å². The van der Waals surface area contributed by atoms with E-state index in [-0.39, 0.29) is 27.0 Å². The zero-order valence-electron chi connectivity index (χ0n) is 16.0. The number of hydrogen-bond acceptors (Lipinski definition) is 9. The molecule has 30 heavy (non-hydrogen) atoms. The van der Waals surface area contributed by atoms with E-state index in [2.05, 4.69) is 25.6 Å². The summed E-state index contributed by atoms with van der Waals surface area (Å²) in [5.74, 6) is 1.04. The van der Waals surface area contributed by atoms with Crippen molar-refractivity contribution in [3.05, 3.63) is 53.9 Å². The predicted molar refractivity (Wildman–Crippen MR) is 115 cm³/mol. The van der Waals surface area contributed by atoms with Gasteiger partial charge in [0.2, 0.25) is 0 Å². The fraction of sp³-hybridized carbons (Fsp3) is 0.167. The minimum Gasteiger partial charge on any atom is -0.339 e. The highest BCUT2D eigenvalue weighted by molar-refractivity contribution is 7.91. The van der Waals surface area contributed by atoms with Crippen molar-refractivity contribution in [2.24, 2.45) is 0 Å². The lowest BCUT2D eigenvalue weighted by Gasteiger charge is -2.13. The molecule has 0 atom stereocenters. The second-order valence-electron chi connectivity index (χ2n) is 6.23. The van der Waals surface area contributed by atoms with Crippen molar-refractivity contribution in [1.29, 1.82) is 0 Å². The fourth-order valence-corrected chi connectivity index (χ4v) is 4.35. The number of hydrogen-bond donors (Lipinski definition) is 2. The highest BCUT2D eigenvalue weighted by Crippen LogP contribution is 2.28. The Hall–Kier alpha value is -2.76.